The fraction of sp³-hybridized carbons (Fsp3) is 0.529. The van der Waals surface area contributed by atoms with Crippen LogP contribution in [0.3, 0.4) is 0 Å². The van der Waals surface area contributed by atoms with Crippen LogP contribution >= 0.6 is 24.2 Å². The van der Waals surface area contributed by atoms with Crippen LogP contribution in [0.15, 0.2) is 30.3 Å². The Morgan fingerprint density at radius 1 is 1.17 bits per heavy atom. The zero-order valence-corrected chi connectivity index (χ0v) is 15.1. The second-order valence-corrected chi connectivity index (χ2v) is 7.10. The Morgan fingerprint density at radius 3 is 2.48 bits per heavy atom. The number of rotatable bonds is 7. The Morgan fingerprint density at radius 2 is 1.83 bits per heavy atom. The van der Waals surface area contributed by atoms with Crippen LogP contribution in [0.5, 0.6) is 0 Å². The second kappa shape index (κ2) is 9.96. The molecule has 1 fully saturated rings. The van der Waals surface area contributed by atoms with Crippen molar-refractivity contribution in [2.75, 3.05) is 31.1 Å². The molecule has 1 aliphatic rings. The summed E-state index contributed by atoms with van der Waals surface area (Å²) in [5.74, 6) is 0.778. The van der Waals surface area contributed by atoms with Gasteiger partial charge >= 0.3 is 0 Å². The Labute approximate surface area is 148 Å². The molecule has 1 aromatic carbocycles. The molecule has 1 aromatic rings. The van der Waals surface area contributed by atoms with Crippen LogP contribution < -0.4 is 10.6 Å². The van der Waals surface area contributed by atoms with Gasteiger partial charge in [-0.15, -0.1) is 24.2 Å². The van der Waals surface area contributed by atoms with E-state index in [4.69, 9.17) is 0 Å². The molecule has 1 heterocycles. The number of nitrogens with one attached hydrogen (secondary N) is 2. The van der Waals surface area contributed by atoms with Crippen LogP contribution in [-0.2, 0) is 4.79 Å². The van der Waals surface area contributed by atoms with Crippen LogP contribution in [0, 0.1) is 5.41 Å². The van der Waals surface area contributed by atoms with Gasteiger partial charge in [0.1, 0.15) is 0 Å². The first-order valence-electron chi connectivity index (χ1n) is 7.72. The molecule has 1 saturated heterocycles. The maximum Gasteiger partial charge on any atom is 0.230 e. The van der Waals surface area contributed by atoms with Gasteiger partial charge in [0.05, 0.1) is 11.5 Å². The zero-order valence-electron chi connectivity index (χ0n) is 13.5. The average Bonchev–Trinajstić information content (AvgIpc) is 2.54. The second-order valence-electron chi connectivity index (χ2n) is 6.12. The predicted molar refractivity (Wildman–Crippen MR) is 98.6 cm³/mol. The van der Waals surface area contributed by atoms with Crippen molar-refractivity contribution >= 4 is 35.9 Å². The van der Waals surface area contributed by atoms with Crippen molar-refractivity contribution in [2.24, 2.45) is 5.41 Å². The maximum atomic E-state index is 11.9. The molecule has 0 radical (unpaired) electrons. The number of ketones is 1. The number of Topliss-reactive ketones (excluding diaryl/α,β-unsaturated/α-hetero) is 1. The molecular formula is C17H25ClN2O2S. The van der Waals surface area contributed by atoms with E-state index in [1.807, 2.05) is 18.2 Å². The highest BCUT2D eigenvalue weighted by Gasteiger charge is 2.26. The first-order chi connectivity index (χ1) is 10.6. The van der Waals surface area contributed by atoms with E-state index >= 15 is 0 Å². The predicted octanol–water partition coefficient (Wildman–Crippen LogP) is 2.53. The number of halogens is 1. The van der Waals surface area contributed by atoms with Crippen LogP contribution in [-0.4, -0.2) is 42.8 Å². The lowest BCUT2D eigenvalue weighted by Gasteiger charge is -2.34. The zero-order chi connectivity index (χ0) is 15.8. The summed E-state index contributed by atoms with van der Waals surface area (Å²) in [7, 11) is 0. The number of hydrogen-bond acceptors (Lipinski definition) is 4. The molecule has 4 nitrogen and oxygen atoms in total. The van der Waals surface area contributed by atoms with E-state index < -0.39 is 0 Å². The van der Waals surface area contributed by atoms with Gasteiger partial charge in [0, 0.05) is 12.1 Å². The monoisotopic (exact) mass is 356 g/mol. The molecule has 0 unspecified atom stereocenters. The van der Waals surface area contributed by atoms with Gasteiger partial charge in [0.25, 0.3) is 0 Å². The van der Waals surface area contributed by atoms with E-state index in [1.165, 1.54) is 11.8 Å². The maximum absolute atomic E-state index is 11.9. The van der Waals surface area contributed by atoms with Crippen molar-refractivity contribution < 1.29 is 9.59 Å². The molecule has 1 amide bonds. The lowest BCUT2D eigenvalue weighted by molar-refractivity contribution is -0.119. The normalized spacial score (nSPS) is 16.2. The topological polar surface area (TPSA) is 58.2 Å². The minimum Gasteiger partial charge on any atom is -0.355 e. The number of carbonyl (C=O) groups excluding carboxylic acids is 2. The van der Waals surface area contributed by atoms with Gasteiger partial charge in [-0.2, -0.15) is 0 Å². The van der Waals surface area contributed by atoms with E-state index in [0.29, 0.717) is 17.1 Å². The fourth-order valence-electron chi connectivity index (χ4n) is 2.51. The van der Waals surface area contributed by atoms with Crippen molar-refractivity contribution in [3.63, 3.8) is 0 Å². The smallest absolute Gasteiger partial charge is 0.230 e. The highest BCUT2D eigenvalue weighted by atomic mass is 35.5. The molecule has 0 spiro atoms. The van der Waals surface area contributed by atoms with Crippen LogP contribution in [0.2, 0.25) is 0 Å². The Hall–Kier alpha value is -1.04. The molecule has 0 aromatic heterocycles. The third-order valence-electron chi connectivity index (χ3n) is 4.09. The summed E-state index contributed by atoms with van der Waals surface area (Å²) in [5, 5.41) is 6.34. The summed E-state index contributed by atoms with van der Waals surface area (Å²) in [6.45, 7) is 4.99. The van der Waals surface area contributed by atoms with Crippen LogP contribution in [0.1, 0.15) is 30.1 Å². The molecule has 23 heavy (non-hydrogen) atoms. The minimum atomic E-state index is 0. The van der Waals surface area contributed by atoms with Gasteiger partial charge in [-0.3, -0.25) is 9.59 Å². The first-order valence-corrected chi connectivity index (χ1v) is 8.88. The molecule has 6 heteroatoms. The summed E-state index contributed by atoms with van der Waals surface area (Å²) in [4.78, 5) is 23.8. The van der Waals surface area contributed by atoms with Gasteiger partial charge in [0.15, 0.2) is 5.78 Å². The highest BCUT2D eigenvalue weighted by molar-refractivity contribution is 8.00. The van der Waals surface area contributed by atoms with Crippen molar-refractivity contribution in [1.29, 1.82) is 0 Å². The first kappa shape index (κ1) is 20.0. The van der Waals surface area contributed by atoms with Crippen LogP contribution in [0.4, 0.5) is 0 Å². The third-order valence-corrected chi connectivity index (χ3v) is 5.02. The molecule has 2 rings (SSSR count). The summed E-state index contributed by atoms with van der Waals surface area (Å²) < 4.78 is 0. The number of benzene rings is 1. The third kappa shape index (κ3) is 6.94. The largest absolute Gasteiger partial charge is 0.355 e. The van der Waals surface area contributed by atoms with E-state index in [-0.39, 0.29) is 29.5 Å². The minimum absolute atomic E-state index is 0. The summed E-state index contributed by atoms with van der Waals surface area (Å²) >= 11 is 1.38. The standard InChI is InChI=1S/C17H24N2O2S.ClH/c1-17(7-9-18-10-8-17)13-19-16(21)12-22-11-15(20)14-5-3-2-4-6-14;/h2-6,18H,7-13H2,1H3,(H,19,21);1H. The van der Waals surface area contributed by atoms with E-state index in [9.17, 15) is 9.59 Å². The number of amides is 1. The molecule has 1 aliphatic heterocycles. The molecule has 0 atom stereocenters. The van der Waals surface area contributed by atoms with E-state index in [2.05, 4.69) is 17.6 Å². The van der Waals surface area contributed by atoms with Gasteiger partial charge in [-0.25, -0.2) is 0 Å². The van der Waals surface area contributed by atoms with Gasteiger partial charge < -0.3 is 10.6 Å². The Balaban J connectivity index is 0.00000264. The van der Waals surface area contributed by atoms with Gasteiger partial charge in [-0.1, -0.05) is 37.3 Å². The lowest BCUT2D eigenvalue weighted by atomic mass is 9.81. The molecule has 2 N–H and O–H groups in total. The van der Waals surface area contributed by atoms with Gasteiger partial charge in [0.2, 0.25) is 5.91 Å². The van der Waals surface area contributed by atoms with Crippen LogP contribution in [0.25, 0.3) is 0 Å². The number of carbonyl (C=O) groups is 2. The number of hydrogen-bond donors (Lipinski definition) is 2. The van der Waals surface area contributed by atoms with Crippen molar-refractivity contribution in [3.8, 4) is 0 Å². The van der Waals surface area contributed by atoms with E-state index in [0.717, 1.165) is 32.5 Å². The summed E-state index contributed by atoms with van der Waals surface area (Å²) in [5.41, 5.74) is 0.906. The van der Waals surface area contributed by atoms with Gasteiger partial charge in [-0.05, 0) is 31.3 Å². The Bertz CT molecular complexity index is 505. The summed E-state index contributed by atoms with van der Waals surface area (Å²) in [6.07, 6.45) is 2.18. The number of thioether (sulfide) groups is 1. The molecular weight excluding hydrogens is 332 g/mol. The highest BCUT2D eigenvalue weighted by Crippen LogP contribution is 2.26. The Kier molecular flexibility index (Phi) is 8.66. The summed E-state index contributed by atoms with van der Waals surface area (Å²) in [6, 6.07) is 9.20. The van der Waals surface area contributed by atoms with Crippen molar-refractivity contribution in [2.45, 2.75) is 19.8 Å². The number of piperidine rings is 1. The van der Waals surface area contributed by atoms with Crippen molar-refractivity contribution in [3.05, 3.63) is 35.9 Å². The molecule has 0 saturated carbocycles. The molecule has 0 bridgehead atoms. The fourth-order valence-corrected chi connectivity index (χ4v) is 3.26. The molecule has 0 aliphatic carbocycles. The van der Waals surface area contributed by atoms with E-state index in [1.54, 1.807) is 12.1 Å². The quantitative estimate of drug-likeness (QED) is 0.737. The van der Waals surface area contributed by atoms with Crippen molar-refractivity contribution in [1.82, 2.24) is 10.6 Å². The molecule has 128 valence electrons. The lowest BCUT2D eigenvalue weighted by Crippen LogP contribution is -2.43. The SMILES string of the molecule is CC1(CNC(=O)CSCC(=O)c2ccccc2)CCNCC1.Cl. The average molecular weight is 357 g/mol.